The Labute approximate surface area is 120 Å². The second-order valence-electron chi connectivity index (χ2n) is 5.70. The van der Waals surface area contributed by atoms with Gasteiger partial charge in [0.1, 0.15) is 5.82 Å². The predicted molar refractivity (Wildman–Crippen MR) is 79.1 cm³/mol. The Morgan fingerprint density at radius 3 is 2.74 bits per heavy atom. The Morgan fingerprint density at radius 2 is 2.16 bits per heavy atom. The molecule has 0 bridgehead atoms. The van der Waals surface area contributed by atoms with Gasteiger partial charge in [-0.1, -0.05) is 31.5 Å². The molecule has 0 saturated heterocycles. The van der Waals surface area contributed by atoms with Crippen LogP contribution in [0.5, 0.6) is 0 Å². The van der Waals surface area contributed by atoms with E-state index in [4.69, 9.17) is 11.6 Å². The third kappa shape index (κ3) is 4.19. The van der Waals surface area contributed by atoms with Crippen LogP contribution >= 0.6 is 11.6 Å². The van der Waals surface area contributed by atoms with Crippen molar-refractivity contribution < 1.29 is 4.39 Å². The molecule has 2 unspecified atom stereocenters. The Morgan fingerprint density at radius 1 is 1.42 bits per heavy atom. The first kappa shape index (κ1) is 14.8. The molecule has 1 saturated carbocycles. The molecule has 1 aliphatic rings. The smallest absolute Gasteiger partial charge is 0.127 e. The molecule has 1 fully saturated rings. The van der Waals surface area contributed by atoms with Crippen molar-refractivity contribution >= 4 is 11.6 Å². The number of benzene rings is 1. The second-order valence-corrected chi connectivity index (χ2v) is 6.13. The lowest BCUT2D eigenvalue weighted by atomic mass is 9.91. The molecule has 106 valence electrons. The first-order valence-corrected chi connectivity index (χ1v) is 7.67. The molecule has 0 aliphatic heterocycles. The van der Waals surface area contributed by atoms with Crippen LogP contribution in [0.4, 0.5) is 4.39 Å². The minimum Gasteiger partial charge on any atom is -0.313 e. The molecule has 1 aliphatic carbocycles. The van der Waals surface area contributed by atoms with Gasteiger partial charge in [0.05, 0.1) is 0 Å². The molecule has 0 radical (unpaired) electrons. The van der Waals surface area contributed by atoms with E-state index in [2.05, 4.69) is 19.2 Å². The molecule has 2 rings (SSSR count). The van der Waals surface area contributed by atoms with Gasteiger partial charge in [-0.15, -0.1) is 0 Å². The first-order chi connectivity index (χ1) is 9.11. The summed E-state index contributed by atoms with van der Waals surface area (Å²) in [7, 11) is 0. The van der Waals surface area contributed by atoms with Gasteiger partial charge in [0, 0.05) is 11.1 Å². The summed E-state index contributed by atoms with van der Waals surface area (Å²) in [6.45, 7) is 5.45. The maximum Gasteiger partial charge on any atom is 0.127 e. The third-order valence-corrected chi connectivity index (χ3v) is 4.35. The van der Waals surface area contributed by atoms with Crippen molar-refractivity contribution in [1.29, 1.82) is 0 Å². The molecule has 1 aromatic carbocycles. The van der Waals surface area contributed by atoms with Crippen molar-refractivity contribution in [2.45, 2.75) is 45.6 Å². The third-order valence-electron chi connectivity index (χ3n) is 4.11. The second kappa shape index (κ2) is 6.71. The van der Waals surface area contributed by atoms with Gasteiger partial charge < -0.3 is 5.32 Å². The zero-order chi connectivity index (χ0) is 13.8. The Hall–Kier alpha value is -0.600. The molecular weight excluding hydrogens is 261 g/mol. The topological polar surface area (TPSA) is 12.0 Å². The normalized spacial score (nSPS) is 18.3. The fourth-order valence-corrected chi connectivity index (χ4v) is 2.81. The average Bonchev–Trinajstić information content (AvgIpc) is 3.20. The number of rotatable bonds is 7. The minimum absolute atomic E-state index is 0.182. The Kier molecular flexibility index (Phi) is 5.23. The van der Waals surface area contributed by atoms with Gasteiger partial charge in [-0.05, 0) is 61.8 Å². The zero-order valence-corrected chi connectivity index (χ0v) is 12.5. The van der Waals surface area contributed by atoms with Crippen LogP contribution in [0.1, 0.15) is 38.7 Å². The Bertz CT molecular complexity index is 417. The highest BCUT2D eigenvalue weighted by atomic mass is 35.5. The van der Waals surface area contributed by atoms with Crippen molar-refractivity contribution in [3.63, 3.8) is 0 Å². The summed E-state index contributed by atoms with van der Waals surface area (Å²) in [5.74, 6) is 1.25. The SMILES string of the molecule is CCCNC(Cc1ccc(Cl)cc1F)C(C)C1CC1. The number of hydrogen-bond acceptors (Lipinski definition) is 1. The van der Waals surface area contributed by atoms with E-state index in [1.54, 1.807) is 6.07 Å². The summed E-state index contributed by atoms with van der Waals surface area (Å²) < 4.78 is 13.9. The van der Waals surface area contributed by atoms with Crippen molar-refractivity contribution in [2.75, 3.05) is 6.54 Å². The van der Waals surface area contributed by atoms with E-state index in [9.17, 15) is 4.39 Å². The molecule has 1 nitrogen and oxygen atoms in total. The molecule has 1 N–H and O–H groups in total. The monoisotopic (exact) mass is 283 g/mol. The van der Waals surface area contributed by atoms with Gasteiger partial charge in [0.2, 0.25) is 0 Å². The number of halogens is 2. The van der Waals surface area contributed by atoms with Gasteiger partial charge in [-0.3, -0.25) is 0 Å². The van der Waals surface area contributed by atoms with Crippen LogP contribution in [0.2, 0.25) is 5.02 Å². The molecule has 2 atom stereocenters. The van der Waals surface area contributed by atoms with Crippen molar-refractivity contribution in [3.8, 4) is 0 Å². The van der Waals surface area contributed by atoms with E-state index in [1.165, 1.54) is 18.9 Å². The molecule has 19 heavy (non-hydrogen) atoms. The van der Waals surface area contributed by atoms with Crippen LogP contribution in [0.15, 0.2) is 18.2 Å². The van der Waals surface area contributed by atoms with Gasteiger partial charge in [-0.2, -0.15) is 0 Å². The largest absolute Gasteiger partial charge is 0.313 e. The fraction of sp³-hybridized carbons (Fsp3) is 0.625. The van der Waals surface area contributed by atoms with Gasteiger partial charge >= 0.3 is 0 Å². The number of hydrogen-bond donors (Lipinski definition) is 1. The maximum atomic E-state index is 13.9. The minimum atomic E-state index is -0.182. The molecule has 0 aromatic heterocycles. The van der Waals surface area contributed by atoms with Crippen molar-refractivity contribution in [1.82, 2.24) is 5.32 Å². The summed E-state index contributed by atoms with van der Waals surface area (Å²) in [4.78, 5) is 0. The van der Waals surface area contributed by atoms with E-state index >= 15 is 0 Å². The van der Waals surface area contributed by atoms with Crippen molar-refractivity contribution in [2.24, 2.45) is 11.8 Å². The standard InChI is InChI=1S/C16H23ClFN/c1-3-8-19-16(11(2)12-4-5-12)9-13-6-7-14(17)10-15(13)18/h6-7,10-12,16,19H,3-5,8-9H2,1-2H3. The quantitative estimate of drug-likeness (QED) is 0.780. The average molecular weight is 284 g/mol. The van der Waals surface area contributed by atoms with E-state index < -0.39 is 0 Å². The molecule has 0 spiro atoms. The summed E-state index contributed by atoms with van der Waals surface area (Å²) >= 11 is 5.80. The van der Waals surface area contributed by atoms with E-state index in [-0.39, 0.29) is 5.82 Å². The highest BCUT2D eigenvalue weighted by molar-refractivity contribution is 6.30. The fourth-order valence-electron chi connectivity index (χ4n) is 2.65. The highest BCUT2D eigenvalue weighted by Crippen LogP contribution is 2.39. The lowest BCUT2D eigenvalue weighted by Gasteiger charge is -2.25. The molecule has 0 amide bonds. The van der Waals surface area contributed by atoms with Crippen LogP contribution in [-0.2, 0) is 6.42 Å². The highest BCUT2D eigenvalue weighted by Gasteiger charge is 2.33. The van der Waals surface area contributed by atoms with Crippen LogP contribution in [0, 0.1) is 17.7 Å². The molecule has 1 aromatic rings. The van der Waals surface area contributed by atoms with Crippen LogP contribution < -0.4 is 5.32 Å². The summed E-state index contributed by atoms with van der Waals surface area (Å²) in [5.41, 5.74) is 0.769. The van der Waals surface area contributed by atoms with E-state index in [0.29, 0.717) is 17.0 Å². The zero-order valence-electron chi connectivity index (χ0n) is 11.8. The molecular formula is C16H23ClFN. The van der Waals surface area contributed by atoms with Crippen LogP contribution in [0.25, 0.3) is 0 Å². The van der Waals surface area contributed by atoms with Crippen LogP contribution in [-0.4, -0.2) is 12.6 Å². The lowest BCUT2D eigenvalue weighted by molar-refractivity contribution is 0.337. The maximum absolute atomic E-state index is 13.9. The van der Waals surface area contributed by atoms with E-state index in [0.717, 1.165) is 30.9 Å². The van der Waals surface area contributed by atoms with Gasteiger partial charge in [0.25, 0.3) is 0 Å². The lowest BCUT2D eigenvalue weighted by Crippen LogP contribution is -2.38. The summed E-state index contributed by atoms with van der Waals surface area (Å²) in [6.07, 6.45) is 4.51. The Balaban J connectivity index is 2.05. The van der Waals surface area contributed by atoms with Crippen LogP contribution in [0.3, 0.4) is 0 Å². The predicted octanol–water partition coefficient (Wildman–Crippen LogP) is 4.44. The van der Waals surface area contributed by atoms with E-state index in [1.807, 2.05) is 6.07 Å². The first-order valence-electron chi connectivity index (χ1n) is 7.29. The molecule has 0 heterocycles. The summed E-state index contributed by atoms with van der Waals surface area (Å²) in [5, 5.41) is 4.05. The van der Waals surface area contributed by atoms with Gasteiger partial charge in [0.15, 0.2) is 0 Å². The number of nitrogens with one attached hydrogen (secondary N) is 1. The molecule has 3 heteroatoms. The van der Waals surface area contributed by atoms with Gasteiger partial charge in [-0.25, -0.2) is 4.39 Å². The summed E-state index contributed by atoms with van der Waals surface area (Å²) in [6, 6.07) is 5.37. The van der Waals surface area contributed by atoms with Crippen molar-refractivity contribution in [3.05, 3.63) is 34.6 Å².